The zero-order valence-electron chi connectivity index (χ0n) is 13.2. The van der Waals surface area contributed by atoms with Gasteiger partial charge in [0.25, 0.3) is 0 Å². The Balaban J connectivity index is 1.48. The molecule has 1 fully saturated rings. The molecule has 2 aromatic carbocycles. The fraction of sp³-hybridized carbons (Fsp3) is 0.278. The standard InChI is InChI=1S/C18H18FN3O2/c19-14-5-1-2-6-15(14)21-11-9-20(10-12-21)13-22-16-7-3-4-8-17(16)24-18(22)23/h1-8H,9-13H2. The van der Waals surface area contributed by atoms with E-state index in [2.05, 4.69) is 4.90 Å². The molecule has 1 saturated heterocycles. The third kappa shape index (κ3) is 2.69. The van der Waals surface area contributed by atoms with Gasteiger partial charge in [0.05, 0.1) is 17.9 Å². The number of rotatable bonds is 3. The van der Waals surface area contributed by atoms with Crippen molar-refractivity contribution in [3.63, 3.8) is 0 Å². The number of nitrogens with zero attached hydrogens (tertiary/aromatic N) is 3. The van der Waals surface area contributed by atoms with Gasteiger partial charge in [0, 0.05) is 26.2 Å². The first-order chi connectivity index (χ1) is 11.7. The first-order valence-electron chi connectivity index (χ1n) is 8.02. The maximum absolute atomic E-state index is 13.9. The Morgan fingerprint density at radius 3 is 2.46 bits per heavy atom. The first kappa shape index (κ1) is 15.0. The summed E-state index contributed by atoms with van der Waals surface area (Å²) in [4.78, 5) is 16.3. The Labute approximate surface area is 138 Å². The molecule has 0 bridgehead atoms. The molecule has 0 saturated carbocycles. The lowest BCUT2D eigenvalue weighted by Crippen LogP contribution is -2.47. The Morgan fingerprint density at radius 2 is 1.67 bits per heavy atom. The van der Waals surface area contributed by atoms with Gasteiger partial charge in [-0.05, 0) is 24.3 Å². The van der Waals surface area contributed by atoms with E-state index in [1.807, 2.05) is 29.2 Å². The molecule has 0 unspecified atom stereocenters. The minimum absolute atomic E-state index is 0.192. The summed E-state index contributed by atoms with van der Waals surface area (Å²) in [7, 11) is 0. The highest BCUT2D eigenvalue weighted by Gasteiger charge is 2.20. The maximum atomic E-state index is 13.9. The predicted molar refractivity (Wildman–Crippen MR) is 90.7 cm³/mol. The molecule has 1 aliphatic rings. The molecule has 0 aliphatic carbocycles. The summed E-state index contributed by atoms with van der Waals surface area (Å²) in [5.74, 6) is -0.532. The average molecular weight is 327 g/mol. The van der Waals surface area contributed by atoms with Crippen molar-refractivity contribution in [2.45, 2.75) is 6.67 Å². The van der Waals surface area contributed by atoms with E-state index in [9.17, 15) is 9.18 Å². The summed E-state index contributed by atoms with van der Waals surface area (Å²) in [6, 6.07) is 14.3. The molecule has 2 heterocycles. The van der Waals surface area contributed by atoms with E-state index in [1.165, 1.54) is 6.07 Å². The lowest BCUT2D eigenvalue weighted by atomic mass is 10.2. The van der Waals surface area contributed by atoms with Gasteiger partial charge < -0.3 is 9.32 Å². The van der Waals surface area contributed by atoms with Crippen LogP contribution >= 0.6 is 0 Å². The Morgan fingerprint density at radius 1 is 0.958 bits per heavy atom. The van der Waals surface area contributed by atoms with Crippen molar-refractivity contribution in [1.29, 1.82) is 0 Å². The fourth-order valence-electron chi connectivity index (χ4n) is 3.19. The smallest absolute Gasteiger partial charge is 0.408 e. The zero-order chi connectivity index (χ0) is 16.5. The number of hydrogen-bond donors (Lipinski definition) is 0. The van der Waals surface area contributed by atoms with Crippen LogP contribution in [0.4, 0.5) is 10.1 Å². The number of piperazine rings is 1. The second-order valence-corrected chi connectivity index (χ2v) is 5.96. The number of aromatic nitrogens is 1. The molecule has 1 aliphatic heterocycles. The topological polar surface area (TPSA) is 41.6 Å². The van der Waals surface area contributed by atoms with Crippen LogP contribution in [0, 0.1) is 5.82 Å². The summed E-state index contributed by atoms with van der Waals surface area (Å²) in [6.07, 6.45) is 0. The first-order valence-corrected chi connectivity index (χ1v) is 8.02. The molecule has 0 N–H and O–H groups in total. The Hall–Kier alpha value is -2.60. The number of halogens is 1. The Kier molecular flexibility index (Phi) is 3.82. The SMILES string of the molecule is O=c1oc2ccccc2n1CN1CCN(c2ccccc2F)CC1. The van der Waals surface area contributed by atoms with Gasteiger partial charge in [0.2, 0.25) is 0 Å². The normalized spacial score (nSPS) is 16.0. The molecule has 4 rings (SSSR count). The van der Waals surface area contributed by atoms with E-state index in [0.717, 1.165) is 31.7 Å². The van der Waals surface area contributed by atoms with Crippen LogP contribution in [0.1, 0.15) is 0 Å². The van der Waals surface area contributed by atoms with Crippen molar-refractivity contribution >= 4 is 16.8 Å². The van der Waals surface area contributed by atoms with E-state index in [0.29, 0.717) is 17.9 Å². The lowest BCUT2D eigenvalue weighted by Gasteiger charge is -2.36. The van der Waals surface area contributed by atoms with Crippen molar-refractivity contribution in [2.75, 3.05) is 31.1 Å². The number of fused-ring (bicyclic) bond motifs is 1. The molecule has 0 amide bonds. The van der Waals surface area contributed by atoms with Crippen LogP contribution in [0.15, 0.2) is 57.7 Å². The number of anilines is 1. The average Bonchev–Trinajstić information content (AvgIpc) is 2.92. The van der Waals surface area contributed by atoms with Gasteiger partial charge in [-0.25, -0.2) is 9.18 Å². The third-order valence-electron chi connectivity index (χ3n) is 4.48. The highest BCUT2D eigenvalue weighted by molar-refractivity contribution is 5.72. The molecule has 0 spiro atoms. The van der Waals surface area contributed by atoms with Gasteiger partial charge in [-0.1, -0.05) is 24.3 Å². The number of hydrogen-bond acceptors (Lipinski definition) is 4. The highest BCUT2D eigenvalue weighted by Crippen LogP contribution is 2.20. The van der Waals surface area contributed by atoms with Crippen LogP contribution in [0.2, 0.25) is 0 Å². The maximum Gasteiger partial charge on any atom is 0.421 e. The monoisotopic (exact) mass is 327 g/mol. The second-order valence-electron chi connectivity index (χ2n) is 5.96. The van der Waals surface area contributed by atoms with E-state index in [4.69, 9.17) is 4.42 Å². The molecule has 5 nitrogen and oxygen atoms in total. The molecule has 24 heavy (non-hydrogen) atoms. The largest absolute Gasteiger partial charge is 0.421 e. The fourth-order valence-corrected chi connectivity index (χ4v) is 3.19. The highest BCUT2D eigenvalue weighted by atomic mass is 19.1. The van der Waals surface area contributed by atoms with Crippen molar-refractivity contribution in [3.05, 3.63) is 64.9 Å². The summed E-state index contributed by atoms with van der Waals surface area (Å²) in [5, 5.41) is 0. The molecule has 6 heteroatoms. The summed E-state index contributed by atoms with van der Waals surface area (Å²) in [6.45, 7) is 3.47. The molecule has 1 aromatic heterocycles. The molecule has 0 atom stereocenters. The summed E-state index contributed by atoms with van der Waals surface area (Å²) < 4.78 is 20.8. The van der Waals surface area contributed by atoms with E-state index >= 15 is 0 Å². The third-order valence-corrected chi connectivity index (χ3v) is 4.48. The Bertz CT molecular complexity index is 910. The predicted octanol–water partition coefficient (Wildman–Crippen LogP) is 2.51. The molecule has 0 radical (unpaired) electrons. The van der Waals surface area contributed by atoms with Gasteiger partial charge in [0.15, 0.2) is 5.58 Å². The van der Waals surface area contributed by atoms with Crippen molar-refractivity contribution in [3.8, 4) is 0 Å². The van der Waals surface area contributed by atoms with E-state index in [1.54, 1.807) is 22.8 Å². The summed E-state index contributed by atoms with van der Waals surface area (Å²) >= 11 is 0. The second kappa shape index (κ2) is 6.13. The van der Waals surface area contributed by atoms with Gasteiger partial charge in [-0.15, -0.1) is 0 Å². The van der Waals surface area contributed by atoms with Gasteiger partial charge in [-0.3, -0.25) is 9.47 Å². The number of oxazole rings is 1. The molecular formula is C18H18FN3O2. The van der Waals surface area contributed by atoms with Crippen LogP contribution in [0.3, 0.4) is 0 Å². The van der Waals surface area contributed by atoms with Crippen LogP contribution in [0.25, 0.3) is 11.1 Å². The molecule has 124 valence electrons. The van der Waals surface area contributed by atoms with Crippen molar-refractivity contribution < 1.29 is 8.81 Å². The van der Waals surface area contributed by atoms with E-state index in [-0.39, 0.29) is 11.6 Å². The lowest BCUT2D eigenvalue weighted by molar-refractivity contribution is 0.201. The zero-order valence-corrected chi connectivity index (χ0v) is 13.2. The van der Waals surface area contributed by atoms with Crippen molar-refractivity contribution in [2.24, 2.45) is 0 Å². The minimum Gasteiger partial charge on any atom is -0.408 e. The van der Waals surface area contributed by atoms with Crippen molar-refractivity contribution in [1.82, 2.24) is 9.47 Å². The van der Waals surface area contributed by atoms with Gasteiger partial charge in [0.1, 0.15) is 5.82 Å². The van der Waals surface area contributed by atoms with Crippen LogP contribution in [-0.2, 0) is 6.67 Å². The van der Waals surface area contributed by atoms with Crippen LogP contribution in [0.5, 0.6) is 0 Å². The van der Waals surface area contributed by atoms with Crippen LogP contribution in [-0.4, -0.2) is 35.6 Å². The van der Waals surface area contributed by atoms with Crippen LogP contribution < -0.4 is 10.7 Å². The summed E-state index contributed by atoms with van der Waals surface area (Å²) in [5.41, 5.74) is 2.05. The molecule has 3 aromatic rings. The van der Waals surface area contributed by atoms with E-state index < -0.39 is 0 Å². The quantitative estimate of drug-likeness (QED) is 0.741. The van der Waals surface area contributed by atoms with Gasteiger partial charge in [-0.2, -0.15) is 0 Å². The minimum atomic E-state index is -0.340. The number of benzene rings is 2. The number of para-hydroxylation sites is 3. The molecular weight excluding hydrogens is 309 g/mol. The van der Waals surface area contributed by atoms with Gasteiger partial charge >= 0.3 is 5.76 Å².